The molecule has 5 rings (SSSR count). The molecule has 0 radical (unpaired) electrons. The van der Waals surface area contributed by atoms with E-state index < -0.39 is 0 Å². The number of benzene rings is 2. The van der Waals surface area contributed by atoms with Crippen LogP contribution in [0.2, 0.25) is 0 Å². The van der Waals surface area contributed by atoms with Crippen LogP contribution in [0.1, 0.15) is 19.8 Å². The molecule has 2 fully saturated rings. The van der Waals surface area contributed by atoms with Crippen LogP contribution < -0.4 is 5.32 Å². The van der Waals surface area contributed by atoms with E-state index in [1.807, 2.05) is 11.0 Å². The summed E-state index contributed by atoms with van der Waals surface area (Å²) in [6.07, 6.45) is 1.52. The Morgan fingerprint density at radius 2 is 1.81 bits per heavy atom. The monoisotopic (exact) mass is 434 g/mol. The lowest BCUT2D eigenvalue weighted by Crippen LogP contribution is -2.52. The van der Waals surface area contributed by atoms with E-state index in [1.165, 1.54) is 16.4 Å². The Kier molecular flexibility index (Phi) is 5.85. The molecule has 1 aromatic heterocycles. The van der Waals surface area contributed by atoms with Gasteiger partial charge in [-0.05, 0) is 44.0 Å². The molecule has 0 aliphatic carbocycles. The Labute approximate surface area is 187 Å². The van der Waals surface area contributed by atoms with Gasteiger partial charge in [-0.25, -0.2) is 0 Å². The zero-order valence-electron chi connectivity index (χ0n) is 18.5. The van der Waals surface area contributed by atoms with Gasteiger partial charge in [-0.3, -0.25) is 14.5 Å². The maximum absolute atomic E-state index is 12.7. The van der Waals surface area contributed by atoms with Crippen LogP contribution in [-0.2, 0) is 20.9 Å². The second-order valence-electron chi connectivity index (χ2n) is 8.64. The quantitative estimate of drug-likeness (QED) is 0.670. The lowest BCUT2D eigenvalue weighted by Gasteiger charge is -2.35. The third-order valence-electron chi connectivity index (χ3n) is 6.63. The third-order valence-corrected chi connectivity index (χ3v) is 6.63. The molecule has 168 valence electrons. The number of para-hydroxylation sites is 1. The van der Waals surface area contributed by atoms with Crippen molar-refractivity contribution in [2.24, 2.45) is 0 Å². The SMILES string of the molecule is CCn1c2ccccc2c2cc(NC(=O)CN3CCN(C(=O)[C@H]4CCCO4)CC3)ccc21. The Balaban J connectivity index is 1.21. The molecule has 1 atom stereocenters. The van der Waals surface area contributed by atoms with E-state index in [1.54, 1.807) is 0 Å². The number of anilines is 1. The fourth-order valence-corrected chi connectivity index (χ4v) is 4.98. The van der Waals surface area contributed by atoms with Crippen LogP contribution in [0.4, 0.5) is 5.69 Å². The number of aryl methyl sites for hydroxylation is 1. The van der Waals surface area contributed by atoms with E-state index in [0.29, 0.717) is 39.3 Å². The maximum Gasteiger partial charge on any atom is 0.251 e. The van der Waals surface area contributed by atoms with Crippen molar-refractivity contribution in [2.45, 2.75) is 32.4 Å². The number of carbonyl (C=O) groups is 2. The summed E-state index contributed by atoms with van der Waals surface area (Å²) < 4.78 is 7.82. The summed E-state index contributed by atoms with van der Waals surface area (Å²) in [6.45, 7) is 6.76. The first-order valence-electron chi connectivity index (χ1n) is 11.6. The molecule has 32 heavy (non-hydrogen) atoms. The van der Waals surface area contributed by atoms with Crippen LogP contribution in [0.5, 0.6) is 0 Å². The Hall–Kier alpha value is -2.90. The van der Waals surface area contributed by atoms with Gasteiger partial charge in [0, 0.05) is 66.8 Å². The van der Waals surface area contributed by atoms with Gasteiger partial charge in [0.1, 0.15) is 6.10 Å². The van der Waals surface area contributed by atoms with Gasteiger partial charge in [-0.2, -0.15) is 0 Å². The highest BCUT2D eigenvalue weighted by Crippen LogP contribution is 2.31. The highest BCUT2D eigenvalue weighted by Gasteiger charge is 2.30. The number of hydrogen-bond acceptors (Lipinski definition) is 4. The Bertz CT molecular complexity index is 1140. The van der Waals surface area contributed by atoms with Crippen LogP contribution in [0, 0.1) is 0 Å². The highest BCUT2D eigenvalue weighted by atomic mass is 16.5. The molecule has 2 aliphatic heterocycles. The lowest BCUT2D eigenvalue weighted by atomic mass is 10.1. The first-order chi connectivity index (χ1) is 15.6. The average molecular weight is 435 g/mol. The fourth-order valence-electron chi connectivity index (χ4n) is 4.98. The molecular weight excluding hydrogens is 404 g/mol. The molecule has 2 aliphatic rings. The van der Waals surface area contributed by atoms with E-state index in [9.17, 15) is 9.59 Å². The van der Waals surface area contributed by atoms with Crippen molar-refractivity contribution < 1.29 is 14.3 Å². The number of rotatable bonds is 5. The molecule has 2 saturated heterocycles. The van der Waals surface area contributed by atoms with Crippen molar-refractivity contribution in [3.05, 3.63) is 42.5 Å². The predicted molar refractivity (Wildman–Crippen MR) is 126 cm³/mol. The molecular formula is C25H30N4O3. The number of fused-ring (bicyclic) bond motifs is 3. The van der Waals surface area contributed by atoms with Gasteiger partial charge in [0.25, 0.3) is 5.91 Å². The molecule has 3 heterocycles. The fraction of sp³-hybridized carbons (Fsp3) is 0.440. The van der Waals surface area contributed by atoms with E-state index in [2.05, 4.69) is 58.1 Å². The van der Waals surface area contributed by atoms with E-state index in [-0.39, 0.29) is 17.9 Å². The van der Waals surface area contributed by atoms with Crippen LogP contribution >= 0.6 is 0 Å². The van der Waals surface area contributed by atoms with Gasteiger partial charge in [-0.1, -0.05) is 18.2 Å². The normalized spacial score (nSPS) is 19.7. The zero-order valence-corrected chi connectivity index (χ0v) is 18.5. The van der Waals surface area contributed by atoms with Crippen molar-refractivity contribution in [1.29, 1.82) is 0 Å². The van der Waals surface area contributed by atoms with E-state index in [4.69, 9.17) is 4.74 Å². The molecule has 2 amide bonds. The Morgan fingerprint density at radius 1 is 1.03 bits per heavy atom. The van der Waals surface area contributed by atoms with Crippen LogP contribution in [0.15, 0.2) is 42.5 Å². The minimum atomic E-state index is -0.265. The van der Waals surface area contributed by atoms with Gasteiger partial charge in [0.05, 0.1) is 6.54 Å². The number of amides is 2. The summed E-state index contributed by atoms with van der Waals surface area (Å²) in [5, 5.41) is 5.42. The van der Waals surface area contributed by atoms with E-state index >= 15 is 0 Å². The van der Waals surface area contributed by atoms with Crippen molar-refractivity contribution in [3.8, 4) is 0 Å². The van der Waals surface area contributed by atoms with Gasteiger partial charge < -0.3 is 19.5 Å². The molecule has 3 aromatic rings. The summed E-state index contributed by atoms with van der Waals surface area (Å²) in [4.78, 5) is 29.2. The molecule has 7 heteroatoms. The number of ether oxygens (including phenoxy) is 1. The number of piperazine rings is 1. The van der Waals surface area contributed by atoms with Gasteiger partial charge in [0.2, 0.25) is 5.91 Å². The lowest BCUT2D eigenvalue weighted by molar-refractivity contribution is -0.142. The average Bonchev–Trinajstić information content (AvgIpc) is 3.45. The standard InChI is InChI=1S/C25H30N4O3/c1-2-29-21-7-4-3-6-19(21)20-16-18(9-10-22(20)29)26-24(30)17-27-11-13-28(14-12-27)25(31)23-8-5-15-32-23/h3-4,6-7,9-10,16,23H,2,5,8,11-15,17H2,1H3,(H,26,30)/t23-/m1/s1. The summed E-state index contributed by atoms with van der Waals surface area (Å²) in [7, 11) is 0. The summed E-state index contributed by atoms with van der Waals surface area (Å²) >= 11 is 0. The van der Waals surface area contributed by atoms with Crippen LogP contribution in [0.25, 0.3) is 21.8 Å². The molecule has 0 saturated carbocycles. The third kappa shape index (κ3) is 3.98. The number of carbonyl (C=O) groups excluding carboxylic acids is 2. The second kappa shape index (κ2) is 8.92. The number of aromatic nitrogens is 1. The highest BCUT2D eigenvalue weighted by molar-refractivity contribution is 6.09. The number of nitrogens with one attached hydrogen (secondary N) is 1. The van der Waals surface area contributed by atoms with Crippen molar-refractivity contribution in [3.63, 3.8) is 0 Å². The van der Waals surface area contributed by atoms with Crippen molar-refractivity contribution >= 4 is 39.3 Å². The molecule has 7 nitrogen and oxygen atoms in total. The molecule has 0 bridgehead atoms. The van der Waals surface area contributed by atoms with Crippen LogP contribution in [0.3, 0.4) is 0 Å². The molecule has 0 unspecified atom stereocenters. The van der Waals surface area contributed by atoms with Crippen molar-refractivity contribution in [1.82, 2.24) is 14.4 Å². The predicted octanol–water partition coefficient (Wildman–Crippen LogP) is 3.08. The maximum atomic E-state index is 12.7. The smallest absolute Gasteiger partial charge is 0.251 e. The minimum absolute atomic E-state index is 0.0255. The minimum Gasteiger partial charge on any atom is -0.368 e. The molecule has 2 aromatic carbocycles. The van der Waals surface area contributed by atoms with Crippen molar-refractivity contribution in [2.75, 3.05) is 44.6 Å². The summed E-state index contributed by atoms with van der Waals surface area (Å²) in [5.41, 5.74) is 3.20. The van der Waals surface area contributed by atoms with E-state index in [0.717, 1.165) is 30.5 Å². The summed E-state index contributed by atoms with van der Waals surface area (Å²) in [5.74, 6) is 0.0774. The Morgan fingerprint density at radius 3 is 2.56 bits per heavy atom. The summed E-state index contributed by atoms with van der Waals surface area (Å²) in [6, 6.07) is 14.5. The van der Waals surface area contributed by atoms with Gasteiger partial charge in [-0.15, -0.1) is 0 Å². The topological polar surface area (TPSA) is 66.8 Å². The number of hydrogen-bond donors (Lipinski definition) is 1. The van der Waals surface area contributed by atoms with Gasteiger partial charge in [0.15, 0.2) is 0 Å². The molecule has 0 spiro atoms. The van der Waals surface area contributed by atoms with Crippen LogP contribution in [-0.4, -0.2) is 71.6 Å². The van der Waals surface area contributed by atoms with Gasteiger partial charge >= 0.3 is 0 Å². The zero-order chi connectivity index (χ0) is 22.1. The first kappa shape index (κ1) is 21.0. The number of nitrogens with zero attached hydrogens (tertiary/aromatic N) is 3. The first-order valence-corrected chi connectivity index (χ1v) is 11.6. The second-order valence-corrected chi connectivity index (χ2v) is 8.64. The largest absolute Gasteiger partial charge is 0.368 e. The molecule has 1 N–H and O–H groups in total.